The van der Waals surface area contributed by atoms with Crippen LogP contribution in [0.25, 0.3) is 0 Å². The fourth-order valence-corrected chi connectivity index (χ4v) is 2.76. The Labute approximate surface area is 116 Å². The molecule has 1 saturated heterocycles. The molecule has 0 aliphatic carbocycles. The van der Waals surface area contributed by atoms with E-state index in [1.165, 1.54) is 5.69 Å². The lowest BCUT2D eigenvalue weighted by molar-refractivity contribution is 0.0728. The van der Waals surface area contributed by atoms with Crippen LogP contribution in [-0.4, -0.2) is 49.3 Å². The molecule has 0 bridgehead atoms. The lowest BCUT2D eigenvalue weighted by Crippen LogP contribution is -2.40. The number of piperidine rings is 1. The maximum atomic E-state index is 9.60. The number of para-hydroxylation sites is 1. The molecule has 1 aliphatic rings. The number of nitrogens with zero attached hydrogens (tertiary/aromatic N) is 2. The molecule has 1 aliphatic heterocycles. The summed E-state index contributed by atoms with van der Waals surface area (Å²) in [6.45, 7) is 6.33. The number of likely N-dealkylation sites (N-methyl/N-ethyl adjacent to an activating group) is 1. The first-order valence-electron chi connectivity index (χ1n) is 7.33. The normalized spacial score (nSPS) is 19.3. The summed E-state index contributed by atoms with van der Waals surface area (Å²) in [5.41, 5.74) is 1.28. The lowest BCUT2D eigenvalue weighted by Gasteiger charge is -2.34. The molecule has 3 nitrogen and oxygen atoms in total. The Balaban J connectivity index is 1.72. The van der Waals surface area contributed by atoms with Crippen LogP contribution in [0.4, 0.5) is 5.69 Å². The Hall–Kier alpha value is -1.06. The molecule has 1 N–H and O–H groups in total. The zero-order valence-corrected chi connectivity index (χ0v) is 12.1. The third kappa shape index (κ3) is 4.22. The summed E-state index contributed by atoms with van der Waals surface area (Å²) in [6.07, 6.45) is 2.12. The molecule has 0 amide bonds. The molecule has 106 valence electrons. The number of rotatable bonds is 5. The summed E-state index contributed by atoms with van der Waals surface area (Å²) in [5, 5.41) is 9.60. The Kier molecular flexibility index (Phi) is 5.23. The predicted molar refractivity (Wildman–Crippen MR) is 80.6 cm³/mol. The molecular formula is C16H26N2O. The monoisotopic (exact) mass is 262 g/mol. The van der Waals surface area contributed by atoms with Crippen LogP contribution < -0.4 is 4.90 Å². The standard InChI is InChI=1S/C16H26N2O/c1-14(19)15-8-10-18(11-9-15)13-12-17(2)16-6-4-3-5-7-16/h3-7,14-15,19H,8-13H2,1-2H3. The summed E-state index contributed by atoms with van der Waals surface area (Å²) >= 11 is 0. The molecule has 0 spiro atoms. The van der Waals surface area contributed by atoms with Gasteiger partial charge in [-0.2, -0.15) is 0 Å². The molecular weight excluding hydrogens is 236 g/mol. The summed E-state index contributed by atoms with van der Waals surface area (Å²) in [7, 11) is 2.15. The number of aliphatic hydroxyl groups is 1. The number of aliphatic hydroxyl groups excluding tert-OH is 1. The Morgan fingerprint density at radius 1 is 1.26 bits per heavy atom. The van der Waals surface area contributed by atoms with Crippen molar-refractivity contribution in [2.75, 3.05) is 38.1 Å². The van der Waals surface area contributed by atoms with E-state index in [0.29, 0.717) is 5.92 Å². The van der Waals surface area contributed by atoms with Gasteiger partial charge in [0.25, 0.3) is 0 Å². The van der Waals surface area contributed by atoms with E-state index < -0.39 is 0 Å². The van der Waals surface area contributed by atoms with Crippen LogP contribution in [0.1, 0.15) is 19.8 Å². The zero-order valence-electron chi connectivity index (χ0n) is 12.1. The Morgan fingerprint density at radius 2 is 1.89 bits per heavy atom. The molecule has 0 radical (unpaired) electrons. The van der Waals surface area contributed by atoms with Crippen molar-refractivity contribution in [2.24, 2.45) is 5.92 Å². The van der Waals surface area contributed by atoms with Crippen LogP contribution in [0.2, 0.25) is 0 Å². The van der Waals surface area contributed by atoms with E-state index in [4.69, 9.17) is 0 Å². The zero-order chi connectivity index (χ0) is 13.7. The van der Waals surface area contributed by atoms with E-state index in [0.717, 1.165) is 39.0 Å². The molecule has 2 rings (SSSR count). The van der Waals surface area contributed by atoms with Crippen LogP contribution >= 0.6 is 0 Å². The number of anilines is 1. The summed E-state index contributed by atoms with van der Waals surface area (Å²) in [4.78, 5) is 4.82. The SMILES string of the molecule is CC(O)C1CCN(CCN(C)c2ccccc2)CC1. The van der Waals surface area contributed by atoms with E-state index in [-0.39, 0.29) is 6.10 Å². The summed E-state index contributed by atoms with van der Waals surface area (Å²) in [6, 6.07) is 10.5. The number of hydrogen-bond donors (Lipinski definition) is 1. The minimum atomic E-state index is -0.144. The average molecular weight is 262 g/mol. The van der Waals surface area contributed by atoms with Crippen LogP contribution in [0.3, 0.4) is 0 Å². The highest BCUT2D eigenvalue weighted by Gasteiger charge is 2.22. The van der Waals surface area contributed by atoms with Crippen LogP contribution in [0.15, 0.2) is 30.3 Å². The van der Waals surface area contributed by atoms with Crippen molar-refractivity contribution in [1.29, 1.82) is 0 Å². The van der Waals surface area contributed by atoms with E-state index >= 15 is 0 Å². The van der Waals surface area contributed by atoms with E-state index in [2.05, 4.69) is 47.2 Å². The third-order valence-electron chi connectivity index (χ3n) is 4.26. The summed E-state index contributed by atoms with van der Waals surface area (Å²) < 4.78 is 0. The van der Waals surface area contributed by atoms with E-state index in [1.807, 2.05) is 6.92 Å². The number of likely N-dealkylation sites (tertiary alicyclic amines) is 1. The maximum absolute atomic E-state index is 9.60. The number of hydrogen-bond acceptors (Lipinski definition) is 3. The van der Waals surface area contributed by atoms with Gasteiger partial charge in [-0.15, -0.1) is 0 Å². The van der Waals surface area contributed by atoms with E-state index in [9.17, 15) is 5.11 Å². The highest BCUT2D eigenvalue weighted by atomic mass is 16.3. The highest BCUT2D eigenvalue weighted by molar-refractivity contribution is 5.44. The fourth-order valence-electron chi connectivity index (χ4n) is 2.76. The van der Waals surface area contributed by atoms with Crippen molar-refractivity contribution in [3.8, 4) is 0 Å². The molecule has 1 aromatic carbocycles. The van der Waals surface area contributed by atoms with E-state index in [1.54, 1.807) is 0 Å². The second-order valence-corrected chi connectivity index (χ2v) is 5.68. The predicted octanol–water partition coefficient (Wildman–Crippen LogP) is 2.22. The minimum absolute atomic E-state index is 0.144. The first-order chi connectivity index (χ1) is 9.16. The first kappa shape index (κ1) is 14.4. The van der Waals surface area contributed by atoms with Gasteiger partial charge in [0.1, 0.15) is 0 Å². The molecule has 19 heavy (non-hydrogen) atoms. The quantitative estimate of drug-likeness (QED) is 0.881. The highest BCUT2D eigenvalue weighted by Crippen LogP contribution is 2.20. The molecule has 1 unspecified atom stereocenters. The van der Waals surface area contributed by atoms with Gasteiger partial charge in [-0.1, -0.05) is 18.2 Å². The van der Waals surface area contributed by atoms with Gasteiger partial charge in [-0.25, -0.2) is 0 Å². The van der Waals surface area contributed by atoms with Gasteiger partial charge in [-0.05, 0) is 50.9 Å². The third-order valence-corrected chi connectivity index (χ3v) is 4.26. The van der Waals surface area contributed by atoms with Crippen molar-refractivity contribution in [3.63, 3.8) is 0 Å². The topological polar surface area (TPSA) is 26.7 Å². The largest absolute Gasteiger partial charge is 0.393 e. The van der Waals surface area contributed by atoms with Gasteiger partial charge in [-0.3, -0.25) is 0 Å². The Bertz CT molecular complexity index is 358. The number of benzene rings is 1. The summed E-state index contributed by atoms with van der Waals surface area (Å²) in [5.74, 6) is 0.503. The van der Waals surface area contributed by atoms with Gasteiger partial charge in [0.2, 0.25) is 0 Å². The van der Waals surface area contributed by atoms with Gasteiger partial charge < -0.3 is 14.9 Å². The first-order valence-corrected chi connectivity index (χ1v) is 7.33. The average Bonchev–Trinajstić information content (AvgIpc) is 2.46. The van der Waals surface area contributed by atoms with Crippen LogP contribution in [0.5, 0.6) is 0 Å². The molecule has 1 fully saturated rings. The van der Waals surface area contributed by atoms with Crippen LogP contribution in [-0.2, 0) is 0 Å². The Morgan fingerprint density at radius 3 is 2.47 bits per heavy atom. The van der Waals surface area contributed by atoms with Gasteiger partial charge >= 0.3 is 0 Å². The lowest BCUT2D eigenvalue weighted by atomic mass is 9.92. The van der Waals surface area contributed by atoms with Crippen molar-refractivity contribution in [2.45, 2.75) is 25.9 Å². The van der Waals surface area contributed by atoms with Crippen molar-refractivity contribution in [3.05, 3.63) is 30.3 Å². The molecule has 1 aromatic rings. The smallest absolute Gasteiger partial charge is 0.0541 e. The van der Waals surface area contributed by atoms with Gasteiger partial charge in [0.15, 0.2) is 0 Å². The molecule has 0 saturated carbocycles. The van der Waals surface area contributed by atoms with Gasteiger partial charge in [0, 0.05) is 25.8 Å². The second-order valence-electron chi connectivity index (χ2n) is 5.68. The fraction of sp³-hybridized carbons (Fsp3) is 0.625. The molecule has 1 atom stereocenters. The molecule has 1 heterocycles. The van der Waals surface area contributed by atoms with Crippen molar-refractivity contribution < 1.29 is 5.11 Å². The molecule has 0 aromatic heterocycles. The van der Waals surface area contributed by atoms with Gasteiger partial charge in [0.05, 0.1) is 6.10 Å². The minimum Gasteiger partial charge on any atom is -0.393 e. The second kappa shape index (κ2) is 6.92. The molecule has 3 heteroatoms. The van der Waals surface area contributed by atoms with Crippen molar-refractivity contribution in [1.82, 2.24) is 4.90 Å². The maximum Gasteiger partial charge on any atom is 0.0541 e. The van der Waals surface area contributed by atoms with Crippen molar-refractivity contribution >= 4 is 5.69 Å². The van der Waals surface area contributed by atoms with Crippen LogP contribution in [0, 0.1) is 5.92 Å².